The molecule has 0 radical (unpaired) electrons. The monoisotopic (exact) mass is 421 g/mol. The summed E-state index contributed by atoms with van der Waals surface area (Å²) in [4.78, 5) is 42.1. The summed E-state index contributed by atoms with van der Waals surface area (Å²) in [7, 11) is 0. The predicted octanol–water partition coefficient (Wildman–Crippen LogP) is 3.85. The third-order valence-electron chi connectivity index (χ3n) is 3.65. The number of carbonyl (C=O) groups is 3. The van der Waals surface area contributed by atoms with Gasteiger partial charge in [0.05, 0.1) is 15.5 Å². The lowest BCUT2D eigenvalue weighted by Crippen LogP contribution is -2.37. The average Bonchev–Trinajstić information content (AvgIpc) is 2.91. The topological polar surface area (TPSA) is 79.4 Å². The minimum absolute atomic E-state index is 0.0545. The molecule has 1 aromatic carbocycles. The van der Waals surface area contributed by atoms with Crippen molar-refractivity contribution in [1.82, 2.24) is 15.2 Å². The molecule has 1 aliphatic rings. The van der Waals surface area contributed by atoms with E-state index in [1.807, 2.05) is 0 Å². The van der Waals surface area contributed by atoms with Crippen LogP contribution in [0.5, 0.6) is 0 Å². The van der Waals surface area contributed by atoms with Crippen LogP contribution in [-0.4, -0.2) is 40.0 Å². The van der Waals surface area contributed by atoms with Gasteiger partial charge in [0.25, 0.3) is 17.1 Å². The smallest absolute Gasteiger partial charge is 0.293 e. The molecule has 0 spiro atoms. The SMILES string of the molecule is O=C(NCCN1C(=O)SC(=Cc2cccnc2)C1=O)c1cc(Cl)ccc1Cl. The lowest BCUT2D eigenvalue weighted by Gasteiger charge is -2.13. The second-order valence-electron chi connectivity index (χ2n) is 5.50. The third kappa shape index (κ3) is 4.68. The number of pyridine rings is 1. The van der Waals surface area contributed by atoms with E-state index in [2.05, 4.69) is 10.3 Å². The summed E-state index contributed by atoms with van der Waals surface area (Å²) in [6.07, 6.45) is 4.84. The maximum Gasteiger partial charge on any atom is 0.293 e. The van der Waals surface area contributed by atoms with Gasteiger partial charge in [0.15, 0.2) is 0 Å². The van der Waals surface area contributed by atoms with Crippen molar-refractivity contribution in [2.75, 3.05) is 13.1 Å². The van der Waals surface area contributed by atoms with Gasteiger partial charge in [0, 0.05) is 30.5 Å². The minimum atomic E-state index is -0.430. The lowest BCUT2D eigenvalue weighted by molar-refractivity contribution is -0.122. The van der Waals surface area contributed by atoms with Crippen LogP contribution in [0.4, 0.5) is 4.79 Å². The first kappa shape index (κ1) is 19.4. The number of rotatable bonds is 5. The highest BCUT2D eigenvalue weighted by Crippen LogP contribution is 2.31. The zero-order valence-corrected chi connectivity index (χ0v) is 16.1. The zero-order valence-electron chi connectivity index (χ0n) is 13.8. The summed E-state index contributed by atoms with van der Waals surface area (Å²) >= 11 is 12.7. The van der Waals surface area contributed by atoms with Gasteiger partial charge in [-0.25, -0.2) is 0 Å². The first-order valence-electron chi connectivity index (χ1n) is 7.84. The molecule has 2 heterocycles. The van der Waals surface area contributed by atoms with Crippen LogP contribution in [0.2, 0.25) is 10.0 Å². The van der Waals surface area contributed by atoms with E-state index < -0.39 is 11.8 Å². The molecule has 1 saturated heterocycles. The van der Waals surface area contributed by atoms with Crippen molar-refractivity contribution < 1.29 is 14.4 Å². The lowest BCUT2D eigenvalue weighted by atomic mass is 10.2. The highest BCUT2D eigenvalue weighted by Gasteiger charge is 2.34. The average molecular weight is 422 g/mol. The molecule has 1 aliphatic heterocycles. The Balaban J connectivity index is 1.60. The van der Waals surface area contributed by atoms with Gasteiger partial charge in [-0.3, -0.25) is 24.3 Å². The van der Waals surface area contributed by atoms with Gasteiger partial charge in [-0.1, -0.05) is 29.3 Å². The van der Waals surface area contributed by atoms with Gasteiger partial charge in [-0.05, 0) is 47.7 Å². The molecular weight excluding hydrogens is 409 g/mol. The fourth-order valence-electron chi connectivity index (χ4n) is 2.35. The first-order valence-corrected chi connectivity index (χ1v) is 9.41. The fraction of sp³-hybridized carbons (Fsp3) is 0.111. The number of carbonyl (C=O) groups excluding carboxylic acids is 3. The van der Waals surface area contributed by atoms with Crippen molar-refractivity contribution in [3.8, 4) is 0 Å². The predicted molar refractivity (Wildman–Crippen MR) is 106 cm³/mol. The molecule has 0 atom stereocenters. The van der Waals surface area contributed by atoms with Crippen molar-refractivity contribution >= 4 is 58.1 Å². The number of nitrogens with zero attached hydrogens (tertiary/aromatic N) is 2. The number of aromatic nitrogens is 1. The normalized spacial score (nSPS) is 15.5. The summed E-state index contributed by atoms with van der Waals surface area (Å²) in [5.41, 5.74) is 0.960. The molecule has 2 aromatic rings. The maximum absolute atomic E-state index is 12.4. The van der Waals surface area contributed by atoms with Gasteiger partial charge < -0.3 is 5.32 Å². The van der Waals surface area contributed by atoms with Crippen LogP contribution in [0.1, 0.15) is 15.9 Å². The number of nitrogens with one attached hydrogen (secondary N) is 1. The Hall–Kier alpha value is -2.35. The van der Waals surface area contributed by atoms with E-state index in [1.54, 1.807) is 36.7 Å². The minimum Gasteiger partial charge on any atom is -0.350 e. The number of thioether (sulfide) groups is 1. The van der Waals surface area contributed by atoms with E-state index in [0.717, 1.165) is 22.2 Å². The number of benzene rings is 1. The van der Waals surface area contributed by atoms with Gasteiger partial charge in [-0.2, -0.15) is 0 Å². The van der Waals surface area contributed by atoms with E-state index in [0.29, 0.717) is 9.93 Å². The standard InChI is InChI=1S/C18H13Cl2N3O3S/c19-12-3-4-14(20)13(9-12)16(24)22-6-7-23-17(25)15(27-18(23)26)8-11-2-1-5-21-10-11/h1-5,8-10H,6-7H2,(H,22,24). The Kier molecular flexibility index (Phi) is 6.15. The highest BCUT2D eigenvalue weighted by molar-refractivity contribution is 8.18. The number of amides is 3. The summed E-state index contributed by atoms with van der Waals surface area (Å²) in [5, 5.41) is 2.90. The molecule has 1 aromatic heterocycles. The molecule has 0 aliphatic carbocycles. The molecular formula is C18H13Cl2N3O3S. The largest absolute Gasteiger partial charge is 0.350 e. The van der Waals surface area contributed by atoms with Crippen molar-refractivity contribution in [3.05, 3.63) is 68.8 Å². The quantitative estimate of drug-likeness (QED) is 0.741. The van der Waals surface area contributed by atoms with Gasteiger partial charge in [0.2, 0.25) is 0 Å². The number of hydrogen-bond acceptors (Lipinski definition) is 5. The Morgan fingerprint density at radius 1 is 1.26 bits per heavy atom. The third-order valence-corrected chi connectivity index (χ3v) is 5.12. The van der Waals surface area contributed by atoms with Crippen LogP contribution in [0, 0.1) is 0 Å². The molecule has 3 amide bonds. The van der Waals surface area contributed by atoms with E-state index in [-0.39, 0.29) is 28.9 Å². The molecule has 9 heteroatoms. The Labute approximate surface area is 169 Å². The summed E-state index contributed by atoms with van der Waals surface area (Å²) < 4.78 is 0. The molecule has 1 N–H and O–H groups in total. The molecule has 27 heavy (non-hydrogen) atoms. The van der Waals surface area contributed by atoms with Crippen molar-refractivity contribution in [1.29, 1.82) is 0 Å². The van der Waals surface area contributed by atoms with Gasteiger partial charge in [0.1, 0.15) is 0 Å². The van der Waals surface area contributed by atoms with Crippen molar-refractivity contribution in [2.24, 2.45) is 0 Å². The number of imide groups is 1. The number of hydrogen-bond donors (Lipinski definition) is 1. The van der Waals surface area contributed by atoms with E-state index in [4.69, 9.17) is 23.2 Å². The molecule has 6 nitrogen and oxygen atoms in total. The van der Waals surface area contributed by atoms with E-state index in [1.165, 1.54) is 12.1 Å². The van der Waals surface area contributed by atoms with Gasteiger partial charge in [-0.15, -0.1) is 0 Å². The highest BCUT2D eigenvalue weighted by atomic mass is 35.5. The Morgan fingerprint density at radius 2 is 2.07 bits per heavy atom. The molecule has 3 rings (SSSR count). The van der Waals surface area contributed by atoms with Crippen molar-refractivity contribution in [3.63, 3.8) is 0 Å². The molecule has 1 fully saturated rings. The Morgan fingerprint density at radius 3 is 2.81 bits per heavy atom. The molecule has 138 valence electrons. The van der Waals surface area contributed by atoms with Crippen LogP contribution in [0.25, 0.3) is 6.08 Å². The zero-order chi connectivity index (χ0) is 19.4. The van der Waals surface area contributed by atoms with Gasteiger partial charge >= 0.3 is 0 Å². The van der Waals surface area contributed by atoms with Crippen LogP contribution in [0.3, 0.4) is 0 Å². The van der Waals surface area contributed by atoms with Crippen LogP contribution < -0.4 is 5.32 Å². The first-order chi connectivity index (χ1) is 13.0. The van der Waals surface area contributed by atoms with Crippen LogP contribution in [-0.2, 0) is 4.79 Å². The fourth-order valence-corrected chi connectivity index (χ4v) is 3.59. The van der Waals surface area contributed by atoms with Crippen LogP contribution >= 0.6 is 35.0 Å². The summed E-state index contributed by atoms with van der Waals surface area (Å²) in [6.45, 7) is 0.152. The van der Waals surface area contributed by atoms with Crippen LogP contribution in [0.15, 0.2) is 47.6 Å². The molecule has 0 unspecified atom stereocenters. The molecule has 0 bridgehead atoms. The summed E-state index contributed by atoms with van der Waals surface area (Å²) in [6, 6.07) is 8.09. The number of halogens is 2. The van der Waals surface area contributed by atoms with E-state index in [9.17, 15) is 14.4 Å². The van der Waals surface area contributed by atoms with Crippen molar-refractivity contribution in [2.45, 2.75) is 0 Å². The molecule has 0 saturated carbocycles. The van der Waals surface area contributed by atoms with E-state index >= 15 is 0 Å². The Bertz CT molecular complexity index is 935. The second kappa shape index (κ2) is 8.56. The summed E-state index contributed by atoms with van der Waals surface area (Å²) in [5.74, 6) is -0.829. The maximum atomic E-state index is 12.4. The second-order valence-corrected chi connectivity index (χ2v) is 7.34.